The van der Waals surface area contributed by atoms with Crippen molar-refractivity contribution in [1.82, 2.24) is 0 Å². The van der Waals surface area contributed by atoms with E-state index in [0.717, 1.165) is 56.9 Å². The Kier molecular flexibility index (Phi) is 12.9. The maximum absolute atomic E-state index is 3.17. The molecule has 0 bridgehead atoms. The third-order valence-corrected chi connectivity index (χ3v) is 21.6. The number of nitrogens with zero attached hydrogens (tertiary/aromatic N) is 4. The number of fused-ring (bicyclic) bond motifs is 4. The predicted molar refractivity (Wildman–Crippen MR) is 352 cm³/mol. The minimum atomic E-state index is -3.17. The highest BCUT2D eigenvalue weighted by Crippen LogP contribution is 2.47. The van der Waals surface area contributed by atoms with Crippen LogP contribution in [0.15, 0.2) is 297 Å². The summed E-state index contributed by atoms with van der Waals surface area (Å²) in [6.07, 6.45) is 0. The van der Waals surface area contributed by atoms with E-state index in [1.165, 1.54) is 70.8 Å². The molecule has 14 rings (SSSR count). The normalized spacial score (nSPS) is 12.3. The lowest BCUT2D eigenvalue weighted by Crippen LogP contribution is -2.75. The molecule has 0 fully saturated rings. The summed E-state index contributed by atoms with van der Waals surface area (Å²) in [5, 5.41) is 5.27. The smallest absolute Gasteiger partial charge is 0.252 e. The molecule has 0 aromatic heterocycles. The molecule has 12 aromatic carbocycles. The summed E-state index contributed by atoms with van der Waals surface area (Å²) < 4.78 is 0. The summed E-state index contributed by atoms with van der Waals surface area (Å²) in [5.74, 6) is 0. The molecular weight excluding hydrogens is 1010 g/mol. The predicted octanol–water partition coefficient (Wildman–Crippen LogP) is 15.3. The Morgan fingerprint density at radius 1 is 0.268 bits per heavy atom. The lowest BCUT2D eigenvalue weighted by Gasteiger charge is -2.46. The molecule has 0 aliphatic carbocycles. The first-order valence-electron chi connectivity index (χ1n) is 28.5. The lowest BCUT2D eigenvalue weighted by molar-refractivity contribution is 1.23. The minimum Gasteiger partial charge on any atom is -0.311 e. The fourth-order valence-electron chi connectivity index (χ4n) is 12.9. The van der Waals surface area contributed by atoms with Crippen LogP contribution in [0.4, 0.5) is 68.2 Å². The Hall–Kier alpha value is -9.88. The second kappa shape index (κ2) is 21.0. The fraction of sp³-hybridized carbons (Fsp3) is 0.0526. The van der Waals surface area contributed by atoms with Gasteiger partial charge in [0.25, 0.3) is 6.71 Å². The molecule has 82 heavy (non-hydrogen) atoms. The molecule has 4 nitrogen and oxygen atoms in total. The quantitative estimate of drug-likeness (QED) is 0.0893. The van der Waals surface area contributed by atoms with Crippen molar-refractivity contribution < 1.29 is 0 Å². The van der Waals surface area contributed by atoms with E-state index in [2.05, 4.69) is 345 Å². The highest BCUT2D eigenvalue weighted by Gasteiger charge is 2.48. The van der Waals surface area contributed by atoms with E-state index in [1.54, 1.807) is 0 Å². The van der Waals surface area contributed by atoms with Crippen molar-refractivity contribution in [3.05, 3.63) is 320 Å². The van der Waals surface area contributed by atoms with Gasteiger partial charge in [-0.1, -0.05) is 210 Å². The molecule has 392 valence electrons. The van der Waals surface area contributed by atoms with E-state index in [9.17, 15) is 0 Å². The molecule has 0 atom stereocenters. The SMILES string of the molecule is Cc1ccc(N(c2ccc(C)cc2)c2ccc3c(c2)N(c2ccccc2)c2cc([Si](c4ccccc4)(c4ccccc4)c4ccccc4)cc4c2B3c2ccc(N(c3ccc(C)cc3)c3ccc(C)cc3)cc2N4c2ccccc2)cc1. The van der Waals surface area contributed by atoms with Gasteiger partial charge in [-0.3, -0.25) is 0 Å². The third kappa shape index (κ3) is 8.71. The monoisotopic (exact) mass is 1070 g/mol. The van der Waals surface area contributed by atoms with Crippen LogP contribution in [0.1, 0.15) is 22.3 Å². The molecule has 0 amide bonds. The van der Waals surface area contributed by atoms with Gasteiger partial charge in [-0.15, -0.1) is 0 Å². The average molecular weight is 1070 g/mol. The van der Waals surface area contributed by atoms with E-state index in [-0.39, 0.29) is 6.71 Å². The maximum atomic E-state index is 2.60. The lowest BCUT2D eigenvalue weighted by atomic mass is 9.33. The van der Waals surface area contributed by atoms with Gasteiger partial charge in [-0.05, 0) is 174 Å². The highest BCUT2D eigenvalue weighted by atomic mass is 28.3. The number of hydrogen-bond donors (Lipinski definition) is 0. The van der Waals surface area contributed by atoms with E-state index in [1.807, 2.05) is 0 Å². The molecule has 0 unspecified atom stereocenters. The molecule has 2 heterocycles. The number of rotatable bonds is 12. The number of para-hydroxylation sites is 2. The zero-order valence-corrected chi connectivity index (χ0v) is 47.7. The van der Waals surface area contributed by atoms with Gasteiger partial charge in [0.15, 0.2) is 8.07 Å². The zero-order valence-electron chi connectivity index (χ0n) is 46.7. The molecular formula is C76H61BN4Si. The van der Waals surface area contributed by atoms with Crippen molar-refractivity contribution in [3.8, 4) is 0 Å². The first-order valence-corrected chi connectivity index (χ1v) is 30.5. The van der Waals surface area contributed by atoms with Crippen molar-refractivity contribution in [1.29, 1.82) is 0 Å². The Balaban J connectivity index is 1.12. The van der Waals surface area contributed by atoms with Crippen LogP contribution in [0.2, 0.25) is 0 Å². The van der Waals surface area contributed by atoms with Gasteiger partial charge < -0.3 is 19.6 Å². The second-order valence-corrected chi connectivity index (χ2v) is 25.9. The number of aryl methyl sites for hydroxylation is 4. The van der Waals surface area contributed by atoms with Gasteiger partial charge in [-0.25, -0.2) is 0 Å². The molecule has 6 heteroatoms. The van der Waals surface area contributed by atoms with E-state index < -0.39 is 8.07 Å². The van der Waals surface area contributed by atoms with Gasteiger partial charge in [-0.2, -0.15) is 0 Å². The number of anilines is 12. The van der Waals surface area contributed by atoms with Crippen LogP contribution in [-0.4, -0.2) is 14.8 Å². The molecule has 0 spiro atoms. The van der Waals surface area contributed by atoms with Crippen LogP contribution in [0.3, 0.4) is 0 Å². The van der Waals surface area contributed by atoms with Gasteiger partial charge in [0.1, 0.15) is 0 Å². The Bertz CT molecular complexity index is 3840. The average Bonchev–Trinajstić information content (AvgIpc) is 3.48. The zero-order chi connectivity index (χ0) is 55.3. The summed E-state index contributed by atoms with van der Waals surface area (Å²) in [6, 6.07) is 112. The van der Waals surface area contributed by atoms with Crippen LogP contribution < -0.4 is 56.7 Å². The first kappa shape index (κ1) is 50.3. The highest BCUT2D eigenvalue weighted by molar-refractivity contribution is 7.20. The second-order valence-electron chi connectivity index (χ2n) is 22.1. The third-order valence-electron chi connectivity index (χ3n) is 16.8. The number of hydrogen-bond acceptors (Lipinski definition) is 4. The van der Waals surface area contributed by atoms with E-state index in [0.29, 0.717) is 0 Å². The molecule has 0 saturated carbocycles. The minimum absolute atomic E-state index is 0.146. The topological polar surface area (TPSA) is 13.0 Å². The summed E-state index contributed by atoms with van der Waals surface area (Å²) in [7, 11) is -3.17. The van der Waals surface area contributed by atoms with Crippen molar-refractivity contribution >= 4 is 120 Å². The largest absolute Gasteiger partial charge is 0.311 e. The van der Waals surface area contributed by atoms with Gasteiger partial charge in [0, 0.05) is 68.2 Å². The molecule has 2 aliphatic rings. The summed E-state index contributed by atoms with van der Waals surface area (Å²) in [5.41, 5.74) is 22.1. The molecule has 0 saturated heterocycles. The van der Waals surface area contributed by atoms with E-state index >= 15 is 0 Å². The Labute approximate surface area is 484 Å². The summed E-state index contributed by atoms with van der Waals surface area (Å²) >= 11 is 0. The van der Waals surface area contributed by atoms with Crippen LogP contribution in [0.5, 0.6) is 0 Å². The molecule has 0 radical (unpaired) electrons. The van der Waals surface area contributed by atoms with Gasteiger partial charge in [0.2, 0.25) is 0 Å². The van der Waals surface area contributed by atoms with Crippen molar-refractivity contribution in [2.75, 3.05) is 19.6 Å². The summed E-state index contributed by atoms with van der Waals surface area (Å²) in [4.78, 5) is 10.0. The van der Waals surface area contributed by atoms with Crippen molar-refractivity contribution in [2.45, 2.75) is 27.7 Å². The summed E-state index contributed by atoms with van der Waals surface area (Å²) in [6.45, 7) is 8.50. The molecule has 0 N–H and O–H groups in total. The first-order chi connectivity index (χ1) is 40.3. The van der Waals surface area contributed by atoms with Crippen LogP contribution in [-0.2, 0) is 0 Å². The Morgan fingerprint density at radius 2 is 0.549 bits per heavy atom. The molecule has 2 aliphatic heterocycles. The van der Waals surface area contributed by atoms with Crippen LogP contribution in [0, 0.1) is 27.7 Å². The van der Waals surface area contributed by atoms with Crippen molar-refractivity contribution in [2.24, 2.45) is 0 Å². The van der Waals surface area contributed by atoms with Crippen LogP contribution in [0.25, 0.3) is 0 Å². The van der Waals surface area contributed by atoms with Gasteiger partial charge in [0.05, 0.1) is 0 Å². The number of benzene rings is 12. The maximum Gasteiger partial charge on any atom is 0.252 e. The van der Waals surface area contributed by atoms with Crippen LogP contribution >= 0.6 is 0 Å². The standard InChI is InChI=1S/C76H61BN4Si/c1-54-30-38-60(39-31-54)78(61-40-32-55(2)33-41-61)64-46-48-70-72(50-64)80(58-20-10-5-11-21-58)74-52-69(82(66-24-14-7-15-25-66,67-26-16-8-17-27-67)68-28-18-9-19-29-68)53-75-76(74)77(70)71-49-47-65(51-73(71)81(75)59-22-12-6-13-23-59)79(62-42-34-56(3)35-43-62)63-44-36-57(4)37-45-63/h5-53H,1-4H3. The Morgan fingerprint density at radius 3 is 0.854 bits per heavy atom. The van der Waals surface area contributed by atoms with Gasteiger partial charge >= 0.3 is 0 Å². The molecule has 12 aromatic rings. The van der Waals surface area contributed by atoms with Crippen molar-refractivity contribution in [3.63, 3.8) is 0 Å². The fourth-order valence-corrected chi connectivity index (χ4v) is 17.7. The van der Waals surface area contributed by atoms with E-state index in [4.69, 9.17) is 0 Å².